The number of hydrogen-bond acceptors (Lipinski definition) is 5. The molecule has 1 saturated heterocycles. The van der Waals surface area contributed by atoms with Crippen LogP contribution in [0.5, 0.6) is 0 Å². The zero-order chi connectivity index (χ0) is 15.3. The first-order valence-corrected chi connectivity index (χ1v) is 8.62. The predicted octanol–water partition coefficient (Wildman–Crippen LogP) is 0.572. The summed E-state index contributed by atoms with van der Waals surface area (Å²) in [6.07, 6.45) is 0.734. The summed E-state index contributed by atoms with van der Waals surface area (Å²) in [7, 11) is -3.55. The lowest BCUT2D eigenvalue weighted by Gasteiger charge is -2.37. The molecule has 1 atom stereocenters. The van der Waals surface area contributed by atoms with E-state index in [0.717, 1.165) is 6.42 Å². The van der Waals surface area contributed by atoms with Crippen molar-refractivity contribution in [3.8, 4) is 0 Å². The van der Waals surface area contributed by atoms with Gasteiger partial charge in [-0.1, -0.05) is 19.1 Å². The SMILES string of the molecule is CCCNS(=O)(=O)c1ccccc1N1CCOCC1CO. The molecule has 1 heterocycles. The lowest BCUT2D eigenvalue weighted by Crippen LogP contribution is -2.48. The van der Waals surface area contributed by atoms with Crippen LogP contribution in [0.1, 0.15) is 13.3 Å². The number of aliphatic hydroxyl groups is 1. The summed E-state index contributed by atoms with van der Waals surface area (Å²) in [5.74, 6) is 0. The first-order chi connectivity index (χ1) is 10.1. The van der Waals surface area contributed by atoms with Gasteiger partial charge in [0, 0.05) is 13.1 Å². The Morgan fingerprint density at radius 2 is 2.19 bits per heavy atom. The van der Waals surface area contributed by atoms with Crippen LogP contribution in [0.3, 0.4) is 0 Å². The molecule has 0 radical (unpaired) electrons. The molecule has 0 aliphatic carbocycles. The first-order valence-electron chi connectivity index (χ1n) is 7.14. The standard InChI is InChI=1S/C14H22N2O4S/c1-2-7-15-21(18,19)14-6-4-3-5-13(14)16-8-9-20-11-12(16)10-17/h3-6,12,15,17H,2,7-11H2,1H3. The molecule has 21 heavy (non-hydrogen) atoms. The van der Waals surface area contributed by atoms with E-state index in [4.69, 9.17) is 4.74 Å². The largest absolute Gasteiger partial charge is 0.394 e. The maximum absolute atomic E-state index is 12.4. The molecule has 0 aromatic heterocycles. The molecule has 2 N–H and O–H groups in total. The van der Waals surface area contributed by atoms with Crippen LogP contribution in [0.4, 0.5) is 5.69 Å². The molecule has 0 amide bonds. The van der Waals surface area contributed by atoms with Crippen LogP contribution in [0.2, 0.25) is 0 Å². The van der Waals surface area contributed by atoms with Gasteiger partial charge in [-0.05, 0) is 18.6 Å². The number of nitrogens with zero attached hydrogens (tertiary/aromatic N) is 1. The summed E-state index contributed by atoms with van der Waals surface area (Å²) in [5.41, 5.74) is 0.614. The molecule has 1 aromatic carbocycles. The predicted molar refractivity (Wildman–Crippen MR) is 81.0 cm³/mol. The minimum Gasteiger partial charge on any atom is -0.394 e. The highest BCUT2D eigenvalue weighted by molar-refractivity contribution is 7.89. The van der Waals surface area contributed by atoms with Gasteiger partial charge in [0.15, 0.2) is 0 Å². The highest BCUT2D eigenvalue weighted by Crippen LogP contribution is 2.27. The lowest BCUT2D eigenvalue weighted by atomic mass is 10.2. The van der Waals surface area contributed by atoms with Crippen LogP contribution in [-0.4, -0.2) is 52.5 Å². The van der Waals surface area contributed by atoms with Gasteiger partial charge in [-0.3, -0.25) is 0 Å². The van der Waals surface area contributed by atoms with Gasteiger partial charge in [0.2, 0.25) is 10.0 Å². The Bertz CT molecular complexity index is 562. The number of anilines is 1. The van der Waals surface area contributed by atoms with Crippen molar-refractivity contribution in [2.45, 2.75) is 24.3 Å². The Balaban J connectivity index is 2.36. The van der Waals surface area contributed by atoms with Gasteiger partial charge >= 0.3 is 0 Å². The summed E-state index contributed by atoms with van der Waals surface area (Å²) in [5, 5.41) is 9.47. The van der Waals surface area contributed by atoms with Gasteiger partial charge < -0.3 is 14.7 Å². The van der Waals surface area contributed by atoms with Gasteiger partial charge in [0.05, 0.1) is 31.5 Å². The molecule has 7 heteroatoms. The van der Waals surface area contributed by atoms with Crippen LogP contribution in [0.15, 0.2) is 29.2 Å². The highest BCUT2D eigenvalue weighted by atomic mass is 32.2. The molecule has 1 aromatic rings. The topological polar surface area (TPSA) is 78.9 Å². The third kappa shape index (κ3) is 3.74. The number of aliphatic hydroxyl groups excluding tert-OH is 1. The van der Waals surface area contributed by atoms with Crippen LogP contribution in [-0.2, 0) is 14.8 Å². The van der Waals surface area contributed by atoms with Crippen LogP contribution in [0.25, 0.3) is 0 Å². The molecule has 1 fully saturated rings. The Morgan fingerprint density at radius 3 is 2.90 bits per heavy atom. The van der Waals surface area contributed by atoms with Crippen LogP contribution in [0, 0.1) is 0 Å². The van der Waals surface area contributed by atoms with Crippen molar-refractivity contribution in [2.24, 2.45) is 0 Å². The van der Waals surface area contributed by atoms with Crippen molar-refractivity contribution in [3.05, 3.63) is 24.3 Å². The number of rotatable bonds is 6. The molecular weight excluding hydrogens is 292 g/mol. The zero-order valence-corrected chi connectivity index (χ0v) is 13.0. The maximum atomic E-state index is 12.4. The number of nitrogens with one attached hydrogen (secondary N) is 1. The van der Waals surface area contributed by atoms with E-state index in [0.29, 0.717) is 32.0 Å². The molecule has 1 aliphatic rings. The normalized spacial score (nSPS) is 19.7. The number of morpholine rings is 1. The number of benzene rings is 1. The molecule has 118 valence electrons. The Morgan fingerprint density at radius 1 is 1.43 bits per heavy atom. The van der Waals surface area contributed by atoms with E-state index in [9.17, 15) is 13.5 Å². The number of ether oxygens (including phenoxy) is 1. The molecule has 6 nitrogen and oxygen atoms in total. The second-order valence-electron chi connectivity index (χ2n) is 4.97. The highest BCUT2D eigenvalue weighted by Gasteiger charge is 2.27. The minimum atomic E-state index is -3.55. The van der Waals surface area contributed by atoms with Gasteiger partial charge in [0.25, 0.3) is 0 Å². The van der Waals surface area contributed by atoms with Gasteiger partial charge in [-0.15, -0.1) is 0 Å². The third-order valence-electron chi connectivity index (χ3n) is 3.44. The van der Waals surface area contributed by atoms with E-state index in [1.807, 2.05) is 11.8 Å². The van der Waals surface area contributed by atoms with Crippen LogP contribution >= 0.6 is 0 Å². The fraction of sp³-hybridized carbons (Fsp3) is 0.571. The van der Waals surface area contributed by atoms with Crippen molar-refractivity contribution in [3.63, 3.8) is 0 Å². The van der Waals surface area contributed by atoms with E-state index in [1.165, 1.54) is 0 Å². The fourth-order valence-electron chi connectivity index (χ4n) is 2.36. The average molecular weight is 314 g/mol. The average Bonchev–Trinajstić information content (AvgIpc) is 2.53. The summed E-state index contributed by atoms with van der Waals surface area (Å²) < 4.78 is 32.8. The molecule has 0 bridgehead atoms. The number of hydrogen-bond donors (Lipinski definition) is 2. The van der Waals surface area contributed by atoms with E-state index in [1.54, 1.807) is 24.3 Å². The Labute approximate surface area is 125 Å². The summed E-state index contributed by atoms with van der Waals surface area (Å²) in [4.78, 5) is 2.16. The second kappa shape index (κ2) is 7.22. The molecular formula is C14H22N2O4S. The minimum absolute atomic E-state index is 0.0726. The monoisotopic (exact) mass is 314 g/mol. The van der Waals surface area contributed by atoms with E-state index < -0.39 is 10.0 Å². The van der Waals surface area contributed by atoms with E-state index >= 15 is 0 Å². The molecule has 0 spiro atoms. The van der Waals surface area contributed by atoms with E-state index in [-0.39, 0.29) is 17.5 Å². The quantitative estimate of drug-likeness (QED) is 0.803. The zero-order valence-electron chi connectivity index (χ0n) is 12.2. The van der Waals surface area contributed by atoms with Crippen molar-refractivity contribution in [1.29, 1.82) is 0 Å². The Kier molecular flexibility index (Phi) is 5.58. The summed E-state index contributed by atoms with van der Waals surface area (Å²) in [6.45, 7) is 3.73. The number of sulfonamides is 1. The second-order valence-corrected chi connectivity index (χ2v) is 6.71. The third-order valence-corrected chi connectivity index (χ3v) is 4.95. The molecule has 0 saturated carbocycles. The van der Waals surface area contributed by atoms with Crippen molar-refractivity contribution in [1.82, 2.24) is 4.72 Å². The van der Waals surface area contributed by atoms with Crippen molar-refractivity contribution < 1.29 is 18.3 Å². The van der Waals surface area contributed by atoms with Gasteiger partial charge in [-0.25, -0.2) is 13.1 Å². The molecule has 2 rings (SSSR count). The molecule has 1 aliphatic heterocycles. The van der Waals surface area contributed by atoms with Gasteiger partial charge in [-0.2, -0.15) is 0 Å². The summed E-state index contributed by atoms with van der Waals surface area (Å²) >= 11 is 0. The van der Waals surface area contributed by atoms with Crippen LogP contribution < -0.4 is 9.62 Å². The number of para-hydroxylation sites is 1. The lowest BCUT2D eigenvalue weighted by molar-refractivity contribution is 0.0724. The summed E-state index contributed by atoms with van der Waals surface area (Å²) in [6, 6.07) is 6.66. The smallest absolute Gasteiger partial charge is 0.242 e. The van der Waals surface area contributed by atoms with Crippen molar-refractivity contribution >= 4 is 15.7 Å². The Hall–Kier alpha value is -1.15. The molecule has 1 unspecified atom stereocenters. The maximum Gasteiger partial charge on any atom is 0.242 e. The fourth-order valence-corrected chi connectivity index (χ4v) is 3.71. The first kappa shape index (κ1) is 16.2. The van der Waals surface area contributed by atoms with Gasteiger partial charge in [0.1, 0.15) is 4.90 Å². The van der Waals surface area contributed by atoms with Crippen molar-refractivity contribution in [2.75, 3.05) is 37.8 Å². The van der Waals surface area contributed by atoms with E-state index in [2.05, 4.69) is 4.72 Å².